The van der Waals surface area contributed by atoms with Gasteiger partial charge in [-0.05, 0) is 31.2 Å². The van der Waals surface area contributed by atoms with Crippen molar-refractivity contribution in [2.75, 3.05) is 6.54 Å². The molecule has 0 aliphatic rings. The molecule has 0 spiro atoms. The Labute approximate surface area is 143 Å². The van der Waals surface area contributed by atoms with Gasteiger partial charge in [0.15, 0.2) is 6.10 Å². The molecule has 0 saturated carbocycles. The second-order valence-corrected chi connectivity index (χ2v) is 5.05. The standard InChI is InChI=1S/C17H16N2O6/c1-3-10-18-16(20)11(2)24-17(21)15-9-8-14(25-15)12-4-6-13(7-5-12)19(22)23/h3-9,11H,1,10H2,2H3,(H,18,20)/t11-/m1/s1. The topological polar surface area (TPSA) is 112 Å². The van der Waals surface area contributed by atoms with Crippen molar-refractivity contribution in [3.8, 4) is 11.3 Å². The molecule has 2 aromatic rings. The van der Waals surface area contributed by atoms with Crippen LogP contribution in [-0.2, 0) is 9.53 Å². The van der Waals surface area contributed by atoms with Gasteiger partial charge in [-0.1, -0.05) is 6.08 Å². The van der Waals surface area contributed by atoms with Gasteiger partial charge in [0.25, 0.3) is 11.6 Å². The van der Waals surface area contributed by atoms with Gasteiger partial charge in [0.1, 0.15) is 5.76 Å². The predicted molar refractivity (Wildman–Crippen MR) is 88.9 cm³/mol. The van der Waals surface area contributed by atoms with Crippen LogP contribution in [0.1, 0.15) is 17.5 Å². The monoisotopic (exact) mass is 344 g/mol. The lowest BCUT2D eigenvalue weighted by atomic mass is 10.1. The Bertz CT molecular complexity index is 794. The van der Waals surface area contributed by atoms with Crippen LogP contribution >= 0.6 is 0 Å². The van der Waals surface area contributed by atoms with E-state index in [0.717, 1.165) is 0 Å². The highest BCUT2D eigenvalue weighted by molar-refractivity contribution is 5.90. The van der Waals surface area contributed by atoms with E-state index in [1.807, 2.05) is 0 Å². The van der Waals surface area contributed by atoms with Gasteiger partial charge in [-0.15, -0.1) is 6.58 Å². The fourth-order valence-corrected chi connectivity index (χ4v) is 1.94. The molecule has 0 aliphatic carbocycles. The number of hydrogen-bond acceptors (Lipinski definition) is 6. The first-order valence-corrected chi connectivity index (χ1v) is 7.36. The number of furan rings is 1. The Morgan fingerprint density at radius 1 is 1.32 bits per heavy atom. The summed E-state index contributed by atoms with van der Waals surface area (Å²) in [6.45, 7) is 5.18. The van der Waals surface area contributed by atoms with Crippen LogP contribution < -0.4 is 5.32 Å². The second-order valence-electron chi connectivity index (χ2n) is 5.05. The minimum absolute atomic E-state index is 0.0469. The van der Waals surface area contributed by atoms with Gasteiger partial charge in [-0.3, -0.25) is 14.9 Å². The van der Waals surface area contributed by atoms with E-state index >= 15 is 0 Å². The van der Waals surface area contributed by atoms with Crippen molar-refractivity contribution < 1.29 is 23.7 Å². The molecule has 0 aliphatic heterocycles. The normalized spacial score (nSPS) is 11.4. The summed E-state index contributed by atoms with van der Waals surface area (Å²) in [5.74, 6) is -0.952. The van der Waals surface area contributed by atoms with Gasteiger partial charge in [-0.2, -0.15) is 0 Å². The third-order valence-corrected chi connectivity index (χ3v) is 3.24. The summed E-state index contributed by atoms with van der Waals surface area (Å²) in [5.41, 5.74) is 0.524. The molecule has 1 amide bonds. The van der Waals surface area contributed by atoms with Gasteiger partial charge in [0.05, 0.1) is 4.92 Å². The number of nitrogens with one attached hydrogen (secondary N) is 1. The van der Waals surface area contributed by atoms with E-state index in [-0.39, 0.29) is 18.0 Å². The highest BCUT2D eigenvalue weighted by Gasteiger charge is 2.21. The molecule has 2 rings (SSSR count). The number of rotatable bonds is 7. The molecule has 1 aromatic heterocycles. The van der Waals surface area contributed by atoms with Crippen LogP contribution in [0.5, 0.6) is 0 Å². The van der Waals surface area contributed by atoms with Crippen LogP contribution in [0.15, 0.2) is 53.5 Å². The molecule has 0 saturated heterocycles. The van der Waals surface area contributed by atoms with Crippen LogP contribution in [0.4, 0.5) is 5.69 Å². The molecule has 8 nitrogen and oxygen atoms in total. The van der Waals surface area contributed by atoms with Gasteiger partial charge in [-0.25, -0.2) is 4.79 Å². The fourth-order valence-electron chi connectivity index (χ4n) is 1.94. The minimum atomic E-state index is -0.986. The Morgan fingerprint density at radius 2 is 2.00 bits per heavy atom. The third kappa shape index (κ3) is 4.54. The van der Waals surface area contributed by atoms with Crippen LogP contribution in [0, 0.1) is 10.1 Å². The number of amides is 1. The molecule has 8 heteroatoms. The summed E-state index contributed by atoms with van der Waals surface area (Å²) in [6, 6.07) is 8.65. The molecule has 1 atom stereocenters. The van der Waals surface area contributed by atoms with E-state index in [1.54, 1.807) is 6.07 Å². The number of hydrogen-bond donors (Lipinski definition) is 1. The predicted octanol–water partition coefficient (Wildman–Crippen LogP) is 2.70. The first-order chi connectivity index (χ1) is 11.9. The van der Waals surface area contributed by atoms with E-state index in [1.165, 1.54) is 43.3 Å². The van der Waals surface area contributed by atoms with Gasteiger partial charge in [0, 0.05) is 24.2 Å². The number of benzene rings is 1. The number of non-ortho nitro benzene ring substituents is 1. The van der Waals surface area contributed by atoms with Crippen molar-refractivity contribution in [3.05, 3.63) is 64.9 Å². The zero-order valence-corrected chi connectivity index (χ0v) is 13.4. The Balaban J connectivity index is 2.04. The zero-order chi connectivity index (χ0) is 18.4. The zero-order valence-electron chi connectivity index (χ0n) is 13.4. The van der Waals surface area contributed by atoms with Crippen LogP contribution in [0.25, 0.3) is 11.3 Å². The van der Waals surface area contributed by atoms with Gasteiger partial charge < -0.3 is 14.5 Å². The molecule has 25 heavy (non-hydrogen) atoms. The third-order valence-electron chi connectivity index (χ3n) is 3.24. The summed E-state index contributed by atoms with van der Waals surface area (Å²) in [6.07, 6.45) is 0.524. The van der Waals surface area contributed by atoms with E-state index in [4.69, 9.17) is 9.15 Å². The smallest absolute Gasteiger partial charge is 0.375 e. The van der Waals surface area contributed by atoms with E-state index in [9.17, 15) is 19.7 Å². The number of nitro benzene ring substituents is 1. The Hall–Kier alpha value is -3.42. The summed E-state index contributed by atoms with van der Waals surface area (Å²) in [7, 11) is 0. The summed E-state index contributed by atoms with van der Waals surface area (Å²) < 4.78 is 10.4. The number of ether oxygens (including phenoxy) is 1. The van der Waals surface area contributed by atoms with Crippen molar-refractivity contribution in [2.24, 2.45) is 0 Å². The number of esters is 1. The van der Waals surface area contributed by atoms with Crippen molar-refractivity contribution in [1.29, 1.82) is 0 Å². The molecule has 0 bridgehead atoms. The van der Waals surface area contributed by atoms with Crippen molar-refractivity contribution >= 4 is 17.6 Å². The number of carbonyl (C=O) groups is 2. The average molecular weight is 344 g/mol. The van der Waals surface area contributed by atoms with E-state index in [0.29, 0.717) is 11.3 Å². The highest BCUT2D eigenvalue weighted by atomic mass is 16.6. The van der Waals surface area contributed by atoms with Crippen molar-refractivity contribution in [2.45, 2.75) is 13.0 Å². The largest absolute Gasteiger partial charge is 0.449 e. The minimum Gasteiger partial charge on any atom is -0.449 e. The highest BCUT2D eigenvalue weighted by Crippen LogP contribution is 2.25. The molecule has 0 unspecified atom stereocenters. The molecular weight excluding hydrogens is 328 g/mol. The molecular formula is C17H16N2O6. The van der Waals surface area contributed by atoms with Crippen molar-refractivity contribution in [3.63, 3.8) is 0 Å². The number of carbonyl (C=O) groups excluding carboxylic acids is 2. The Morgan fingerprint density at radius 3 is 2.60 bits per heavy atom. The first kappa shape index (κ1) is 17.9. The summed E-state index contributed by atoms with van der Waals surface area (Å²) in [5, 5.41) is 13.2. The second kappa shape index (κ2) is 7.91. The molecule has 130 valence electrons. The number of nitrogens with zero attached hydrogens (tertiary/aromatic N) is 1. The van der Waals surface area contributed by atoms with Crippen LogP contribution in [0.3, 0.4) is 0 Å². The lowest BCUT2D eigenvalue weighted by molar-refractivity contribution is -0.384. The quantitative estimate of drug-likeness (QED) is 0.358. The van der Waals surface area contributed by atoms with Crippen LogP contribution in [-0.4, -0.2) is 29.4 Å². The number of nitro groups is 1. The lowest BCUT2D eigenvalue weighted by Crippen LogP contribution is -2.35. The maximum atomic E-state index is 12.0. The molecule has 0 fully saturated rings. The van der Waals surface area contributed by atoms with Crippen LogP contribution in [0.2, 0.25) is 0 Å². The fraction of sp³-hybridized carbons (Fsp3) is 0.176. The SMILES string of the molecule is C=CCNC(=O)[C@@H](C)OC(=O)c1ccc(-c2ccc([N+](=O)[O-])cc2)o1. The van der Waals surface area contributed by atoms with Gasteiger partial charge in [0.2, 0.25) is 5.76 Å². The van der Waals surface area contributed by atoms with E-state index in [2.05, 4.69) is 11.9 Å². The van der Waals surface area contributed by atoms with Crippen molar-refractivity contribution in [1.82, 2.24) is 5.32 Å². The molecule has 1 heterocycles. The average Bonchev–Trinajstić information content (AvgIpc) is 3.09. The Kier molecular flexibility index (Phi) is 5.67. The maximum absolute atomic E-state index is 12.0. The van der Waals surface area contributed by atoms with Gasteiger partial charge >= 0.3 is 5.97 Å². The molecule has 1 N–H and O–H groups in total. The first-order valence-electron chi connectivity index (χ1n) is 7.36. The summed E-state index contributed by atoms with van der Waals surface area (Å²) >= 11 is 0. The lowest BCUT2D eigenvalue weighted by Gasteiger charge is -2.11. The molecule has 1 aromatic carbocycles. The molecule has 0 radical (unpaired) electrons. The van der Waals surface area contributed by atoms with E-state index < -0.39 is 22.9 Å². The summed E-state index contributed by atoms with van der Waals surface area (Å²) in [4.78, 5) is 33.8. The maximum Gasteiger partial charge on any atom is 0.375 e.